The smallest absolute Gasteiger partial charge is 0.191 e. The fourth-order valence-corrected chi connectivity index (χ4v) is 2.62. The van der Waals surface area contributed by atoms with Crippen molar-refractivity contribution in [3.05, 3.63) is 0 Å². The third kappa shape index (κ3) is 4.08. The third-order valence-electron chi connectivity index (χ3n) is 4.27. The molecule has 0 aromatic heterocycles. The van der Waals surface area contributed by atoms with Crippen molar-refractivity contribution in [2.45, 2.75) is 38.8 Å². The molecule has 5 heteroatoms. The minimum atomic E-state index is 0.428. The molecule has 2 aliphatic rings. The lowest BCUT2D eigenvalue weighted by Crippen LogP contribution is -2.46. The minimum Gasteiger partial charge on any atom is -0.383 e. The molecule has 0 bridgehead atoms. The van der Waals surface area contributed by atoms with E-state index in [0.717, 1.165) is 32.2 Å². The van der Waals surface area contributed by atoms with Gasteiger partial charge in [-0.1, -0.05) is 13.8 Å². The van der Waals surface area contributed by atoms with E-state index in [9.17, 15) is 0 Å². The van der Waals surface area contributed by atoms with E-state index in [-0.39, 0.29) is 0 Å². The van der Waals surface area contributed by atoms with Crippen LogP contribution in [0.15, 0.2) is 4.99 Å². The van der Waals surface area contributed by atoms with Crippen molar-refractivity contribution in [1.82, 2.24) is 15.5 Å². The molecule has 1 saturated carbocycles. The summed E-state index contributed by atoms with van der Waals surface area (Å²) in [5.41, 5.74) is 0.428. The Hall–Kier alpha value is -0.810. The van der Waals surface area contributed by atoms with Gasteiger partial charge in [0.2, 0.25) is 0 Å². The van der Waals surface area contributed by atoms with Crippen LogP contribution < -0.4 is 10.6 Å². The summed E-state index contributed by atoms with van der Waals surface area (Å²) in [7, 11) is 3.61. The monoisotopic (exact) mass is 268 g/mol. The van der Waals surface area contributed by atoms with Crippen LogP contribution in [0.2, 0.25) is 0 Å². The van der Waals surface area contributed by atoms with Gasteiger partial charge in [-0.3, -0.25) is 9.89 Å². The van der Waals surface area contributed by atoms with Crippen molar-refractivity contribution in [3.63, 3.8) is 0 Å². The maximum Gasteiger partial charge on any atom is 0.191 e. The van der Waals surface area contributed by atoms with Crippen LogP contribution in [0.25, 0.3) is 0 Å². The molecule has 110 valence electrons. The van der Waals surface area contributed by atoms with Crippen LogP contribution in [-0.4, -0.2) is 63.3 Å². The molecule has 1 heterocycles. The number of guanidine groups is 1. The molecule has 2 fully saturated rings. The molecule has 19 heavy (non-hydrogen) atoms. The number of nitrogens with zero attached hydrogens (tertiary/aromatic N) is 2. The van der Waals surface area contributed by atoms with Gasteiger partial charge >= 0.3 is 0 Å². The lowest BCUT2D eigenvalue weighted by molar-refractivity contribution is 0.160. The fourth-order valence-electron chi connectivity index (χ4n) is 2.62. The number of rotatable bonds is 5. The van der Waals surface area contributed by atoms with E-state index in [0.29, 0.717) is 17.5 Å². The van der Waals surface area contributed by atoms with E-state index in [4.69, 9.17) is 4.74 Å². The van der Waals surface area contributed by atoms with Gasteiger partial charge in [0.1, 0.15) is 0 Å². The van der Waals surface area contributed by atoms with Gasteiger partial charge in [-0.15, -0.1) is 0 Å². The molecule has 1 aliphatic carbocycles. The highest BCUT2D eigenvalue weighted by molar-refractivity contribution is 5.80. The Morgan fingerprint density at radius 1 is 1.42 bits per heavy atom. The molecule has 0 aromatic carbocycles. The van der Waals surface area contributed by atoms with Crippen LogP contribution >= 0.6 is 0 Å². The van der Waals surface area contributed by atoms with E-state index in [1.807, 2.05) is 7.05 Å². The number of ether oxygens (including phenoxy) is 1. The molecule has 0 aromatic rings. The average Bonchev–Trinajstić information content (AvgIpc) is 2.76. The van der Waals surface area contributed by atoms with E-state index in [1.165, 1.54) is 12.8 Å². The summed E-state index contributed by atoms with van der Waals surface area (Å²) in [6, 6.07) is 1.08. The van der Waals surface area contributed by atoms with Crippen molar-refractivity contribution in [2.24, 2.45) is 10.4 Å². The molecule has 2 rings (SSSR count). The highest BCUT2D eigenvalue weighted by atomic mass is 16.5. The van der Waals surface area contributed by atoms with Crippen LogP contribution in [0.5, 0.6) is 0 Å². The molecule has 1 saturated heterocycles. The van der Waals surface area contributed by atoms with Crippen molar-refractivity contribution in [2.75, 3.05) is 40.4 Å². The molecule has 0 amide bonds. The first kappa shape index (κ1) is 14.6. The van der Waals surface area contributed by atoms with Gasteiger partial charge in [-0.05, 0) is 18.3 Å². The first-order valence-electron chi connectivity index (χ1n) is 7.26. The van der Waals surface area contributed by atoms with Crippen molar-refractivity contribution >= 4 is 5.96 Å². The maximum atomic E-state index is 5.13. The Morgan fingerprint density at radius 3 is 2.74 bits per heavy atom. The lowest BCUT2D eigenvalue weighted by Gasteiger charge is -2.19. The quantitative estimate of drug-likeness (QED) is 0.568. The minimum absolute atomic E-state index is 0.428. The maximum absolute atomic E-state index is 5.13. The number of aliphatic imine (C=N–C) groups is 1. The van der Waals surface area contributed by atoms with Crippen LogP contribution in [0.3, 0.4) is 0 Å². The zero-order chi connectivity index (χ0) is 13.9. The summed E-state index contributed by atoms with van der Waals surface area (Å²) in [5.74, 6) is 0.953. The predicted octanol–water partition coefficient (Wildman–Crippen LogP) is 0.671. The summed E-state index contributed by atoms with van der Waals surface area (Å²) in [5, 5.41) is 7.05. The van der Waals surface area contributed by atoms with Crippen molar-refractivity contribution < 1.29 is 4.74 Å². The second-order valence-corrected chi connectivity index (χ2v) is 6.39. The number of hydrogen-bond donors (Lipinski definition) is 2. The van der Waals surface area contributed by atoms with Crippen LogP contribution in [0.4, 0.5) is 0 Å². The zero-order valence-corrected chi connectivity index (χ0v) is 12.7. The average molecular weight is 268 g/mol. The van der Waals surface area contributed by atoms with Crippen LogP contribution in [-0.2, 0) is 4.74 Å². The first-order valence-corrected chi connectivity index (χ1v) is 7.26. The van der Waals surface area contributed by atoms with E-state index >= 15 is 0 Å². The molecule has 2 unspecified atom stereocenters. The van der Waals surface area contributed by atoms with Gasteiger partial charge in [0.15, 0.2) is 5.96 Å². The van der Waals surface area contributed by atoms with E-state index in [2.05, 4.69) is 34.4 Å². The number of methoxy groups -OCH3 is 1. The summed E-state index contributed by atoms with van der Waals surface area (Å²) in [6.07, 6.45) is 2.41. The molecule has 0 radical (unpaired) electrons. The Balaban J connectivity index is 1.71. The first-order chi connectivity index (χ1) is 9.05. The molecule has 2 atom stereocenters. The van der Waals surface area contributed by atoms with E-state index in [1.54, 1.807) is 7.11 Å². The Bertz CT molecular complexity index is 329. The standard InChI is InChI=1S/C14H28N4O/c1-14(2)9-12(14)17-13(15-3)16-11-5-6-18(10-11)7-8-19-4/h11-12H,5-10H2,1-4H3,(H2,15,16,17). The summed E-state index contributed by atoms with van der Waals surface area (Å²) in [6.45, 7) is 8.65. The predicted molar refractivity (Wildman–Crippen MR) is 78.5 cm³/mol. The van der Waals surface area contributed by atoms with Gasteiger partial charge in [0, 0.05) is 45.9 Å². The normalized spacial score (nSPS) is 30.4. The number of hydrogen-bond acceptors (Lipinski definition) is 3. The fraction of sp³-hybridized carbons (Fsp3) is 0.929. The lowest BCUT2D eigenvalue weighted by atomic mass is 10.2. The Kier molecular flexibility index (Phi) is 4.68. The molecular weight excluding hydrogens is 240 g/mol. The second kappa shape index (κ2) is 6.09. The molecule has 2 N–H and O–H groups in total. The molecule has 1 aliphatic heterocycles. The molecular formula is C14H28N4O. The highest BCUT2D eigenvalue weighted by Gasteiger charge is 2.46. The molecule has 0 spiro atoms. The van der Waals surface area contributed by atoms with Crippen molar-refractivity contribution in [1.29, 1.82) is 0 Å². The van der Waals surface area contributed by atoms with Gasteiger partial charge in [0.25, 0.3) is 0 Å². The topological polar surface area (TPSA) is 48.9 Å². The third-order valence-corrected chi connectivity index (χ3v) is 4.27. The van der Waals surface area contributed by atoms with Gasteiger partial charge in [-0.2, -0.15) is 0 Å². The largest absolute Gasteiger partial charge is 0.383 e. The highest BCUT2D eigenvalue weighted by Crippen LogP contribution is 2.44. The van der Waals surface area contributed by atoms with Crippen molar-refractivity contribution in [3.8, 4) is 0 Å². The van der Waals surface area contributed by atoms with Gasteiger partial charge in [-0.25, -0.2) is 0 Å². The summed E-state index contributed by atoms with van der Waals surface area (Å²) in [4.78, 5) is 6.78. The van der Waals surface area contributed by atoms with E-state index < -0.39 is 0 Å². The Labute approximate surface area is 116 Å². The SMILES string of the molecule is CN=C(NC1CCN(CCOC)C1)NC1CC1(C)C. The summed E-state index contributed by atoms with van der Waals surface area (Å²) >= 11 is 0. The van der Waals surface area contributed by atoms with Gasteiger partial charge in [0.05, 0.1) is 6.61 Å². The number of nitrogens with one attached hydrogen (secondary N) is 2. The van der Waals surface area contributed by atoms with Crippen LogP contribution in [0.1, 0.15) is 26.7 Å². The van der Waals surface area contributed by atoms with Gasteiger partial charge < -0.3 is 15.4 Å². The zero-order valence-electron chi connectivity index (χ0n) is 12.7. The molecule has 5 nitrogen and oxygen atoms in total. The summed E-state index contributed by atoms with van der Waals surface area (Å²) < 4.78 is 5.13. The number of likely N-dealkylation sites (tertiary alicyclic amines) is 1. The van der Waals surface area contributed by atoms with Crippen LogP contribution in [0, 0.1) is 5.41 Å². The Morgan fingerprint density at radius 2 is 2.16 bits per heavy atom. The second-order valence-electron chi connectivity index (χ2n) is 6.39.